The van der Waals surface area contributed by atoms with E-state index in [-0.39, 0.29) is 41.9 Å². The predicted molar refractivity (Wildman–Crippen MR) is 166 cm³/mol. The zero-order valence-electron chi connectivity index (χ0n) is 25.3. The Morgan fingerprint density at radius 1 is 1.22 bits per heavy atom. The van der Waals surface area contributed by atoms with Gasteiger partial charge in [0, 0.05) is 36.4 Å². The van der Waals surface area contributed by atoms with Crippen molar-refractivity contribution in [2.24, 2.45) is 5.92 Å². The van der Waals surface area contributed by atoms with Crippen molar-refractivity contribution in [1.29, 1.82) is 0 Å². The highest BCUT2D eigenvalue weighted by molar-refractivity contribution is 7.14. The number of esters is 1. The predicted octanol–water partition coefficient (Wildman–Crippen LogP) is 5.23. The first kappa shape index (κ1) is 30.3. The van der Waals surface area contributed by atoms with E-state index in [1.54, 1.807) is 12.3 Å². The van der Waals surface area contributed by atoms with E-state index >= 15 is 0 Å². The van der Waals surface area contributed by atoms with Crippen LogP contribution in [0.3, 0.4) is 0 Å². The summed E-state index contributed by atoms with van der Waals surface area (Å²) >= 11 is 1.18. The number of halogens is 1. The van der Waals surface area contributed by atoms with E-state index in [1.807, 2.05) is 20.8 Å². The molecule has 1 aromatic carbocycles. The Balaban J connectivity index is 1.39. The van der Waals surface area contributed by atoms with Gasteiger partial charge in [0.2, 0.25) is 5.95 Å². The van der Waals surface area contributed by atoms with E-state index in [0.717, 1.165) is 17.4 Å². The molecule has 4 aromatic rings. The van der Waals surface area contributed by atoms with Gasteiger partial charge in [-0.2, -0.15) is 9.97 Å². The van der Waals surface area contributed by atoms with Gasteiger partial charge in [0.1, 0.15) is 22.9 Å². The van der Waals surface area contributed by atoms with Crippen LogP contribution in [-0.2, 0) is 9.47 Å². The summed E-state index contributed by atoms with van der Waals surface area (Å²) in [6, 6.07) is 2.41. The molecule has 2 amide bonds. The Labute approximate surface area is 260 Å². The van der Waals surface area contributed by atoms with Crippen LogP contribution in [0.15, 0.2) is 17.5 Å². The summed E-state index contributed by atoms with van der Waals surface area (Å²) in [4.78, 5) is 56.5. The Morgan fingerprint density at radius 2 is 2.00 bits per heavy atom. The van der Waals surface area contributed by atoms with Crippen molar-refractivity contribution in [3.8, 4) is 0 Å². The Morgan fingerprint density at radius 3 is 2.67 bits per heavy atom. The minimum absolute atomic E-state index is 0.0100. The minimum Gasteiger partial charge on any atom is -0.465 e. The summed E-state index contributed by atoms with van der Waals surface area (Å²) in [7, 11) is 1.34. The van der Waals surface area contributed by atoms with Gasteiger partial charge in [0.15, 0.2) is 10.8 Å². The summed E-state index contributed by atoms with van der Waals surface area (Å²) < 4.78 is 25.5. The quantitative estimate of drug-likeness (QED) is 0.195. The highest BCUT2D eigenvalue weighted by atomic mass is 32.1. The lowest BCUT2D eigenvalue weighted by Crippen LogP contribution is -2.47. The van der Waals surface area contributed by atoms with Gasteiger partial charge in [-0.15, -0.1) is 11.3 Å². The smallest absolute Gasteiger partial charge is 0.411 e. The number of carboxylic acid groups (broad SMARTS) is 1. The Bertz CT molecular complexity index is 1820. The van der Waals surface area contributed by atoms with Crippen molar-refractivity contribution in [3.63, 3.8) is 0 Å². The number of hydrogen-bond acceptors (Lipinski definition) is 11. The van der Waals surface area contributed by atoms with Gasteiger partial charge < -0.3 is 29.8 Å². The van der Waals surface area contributed by atoms with Gasteiger partial charge in [0.25, 0.3) is 0 Å². The van der Waals surface area contributed by atoms with Crippen LogP contribution in [0.2, 0.25) is 0 Å². The molecule has 4 heterocycles. The molecule has 0 spiro atoms. The molecule has 0 radical (unpaired) electrons. The fourth-order valence-corrected chi connectivity index (χ4v) is 6.71. The molecule has 3 unspecified atom stereocenters. The summed E-state index contributed by atoms with van der Waals surface area (Å²) in [6.45, 7) is 7.93. The molecule has 3 atom stereocenters. The van der Waals surface area contributed by atoms with Crippen LogP contribution in [0.4, 0.5) is 36.6 Å². The van der Waals surface area contributed by atoms with Crippen LogP contribution in [0, 0.1) is 11.7 Å². The second kappa shape index (κ2) is 11.3. The molecule has 45 heavy (non-hydrogen) atoms. The second-order valence-corrected chi connectivity index (χ2v) is 12.9. The number of aromatic nitrogens is 4. The second-order valence-electron chi connectivity index (χ2n) is 12.1. The normalized spacial score (nSPS) is 19.2. The lowest BCUT2D eigenvalue weighted by Gasteiger charge is -2.33. The lowest BCUT2D eigenvalue weighted by molar-refractivity contribution is 0.0488. The number of thiazole rings is 1. The number of alkyl carbamates (subject to hydrolysis) is 1. The monoisotopic (exact) mass is 640 g/mol. The number of carbonyl (C=O) groups excluding carboxylic acids is 2. The van der Waals surface area contributed by atoms with Crippen molar-refractivity contribution < 1.29 is 33.4 Å². The fourth-order valence-electron chi connectivity index (χ4n) is 6.03. The number of fused-ring (bicyclic) bond motifs is 5. The van der Waals surface area contributed by atoms with Crippen LogP contribution in [0.5, 0.6) is 0 Å². The molecule has 1 saturated heterocycles. The average Bonchev–Trinajstić information content (AvgIpc) is 3.74. The number of H-pyrrole nitrogens is 1. The average molecular weight is 641 g/mol. The van der Waals surface area contributed by atoms with E-state index in [4.69, 9.17) is 14.5 Å². The molecule has 2 fully saturated rings. The largest absolute Gasteiger partial charge is 0.465 e. The van der Waals surface area contributed by atoms with Crippen LogP contribution in [-0.4, -0.2) is 81.1 Å². The van der Waals surface area contributed by atoms with Gasteiger partial charge in [-0.1, -0.05) is 0 Å². The summed E-state index contributed by atoms with van der Waals surface area (Å²) in [5.41, 5.74) is 0.400. The summed E-state index contributed by atoms with van der Waals surface area (Å²) in [6.07, 6.45) is -0.267. The minimum atomic E-state index is -1.25. The number of nitrogens with zero attached hydrogens (tertiary/aromatic N) is 5. The molecule has 16 heteroatoms. The third kappa shape index (κ3) is 5.89. The highest BCUT2D eigenvalue weighted by Crippen LogP contribution is 2.45. The van der Waals surface area contributed by atoms with Crippen molar-refractivity contribution >= 4 is 74.0 Å². The maximum absolute atomic E-state index is 15.0. The first-order valence-corrected chi connectivity index (χ1v) is 15.3. The lowest BCUT2D eigenvalue weighted by atomic mass is 10.0. The number of amides is 2. The Kier molecular flexibility index (Phi) is 7.62. The van der Waals surface area contributed by atoms with Gasteiger partial charge in [0.05, 0.1) is 23.2 Å². The van der Waals surface area contributed by atoms with Crippen LogP contribution < -0.4 is 20.4 Å². The van der Waals surface area contributed by atoms with E-state index in [9.17, 15) is 23.9 Å². The van der Waals surface area contributed by atoms with E-state index < -0.39 is 29.6 Å². The molecule has 6 rings (SSSR count). The molecular weight excluding hydrogens is 607 g/mol. The van der Waals surface area contributed by atoms with Crippen molar-refractivity contribution in [1.82, 2.24) is 25.3 Å². The van der Waals surface area contributed by atoms with Crippen LogP contribution in [0.1, 0.15) is 51.0 Å². The number of nitrogens with one attached hydrogen (secondary N) is 3. The fraction of sp³-hybridized carbons (Fsp3) is 0.448. The zero-order valence-corrected chi connectivity index (χ0v) is 26.1. The third-order valence-corrected chi connectivity index (χ3v) is 8.61. The number of piperidine rings is 1. The standard InChI is InChI=1S/C29H33FN8O6S/c1-6-43-24(39)18-12-45-26(31-18)36-25-34-22-20(16-8-14(30)9-19(21(16)33-22)37(5)28(41)42)23(35-25)38-11-13-7-15(38)10-17(13)32-27(40)44-29(2,3)4/h8-9,12-13,15,17H,6-7,10-11H2,1-5H3,(H,32,40)(H,41,42)(H2,31,33,34,35,36). The topological polar surface area (TPSA) is 175 Å². The van der Waals surface area contributed by atoms with Gasteiger partial charge in [-0.25, -0.2) is 23.8 Å². The highest BCUT2D eigenvalue weighted by Gasteiger charge is 2.47. The Hall–Kier alpha value is -4.73. The number of anilines is 4. The number of benzene rings is 1. The zero-order chi connectivity index (χ0) is 32.2. The van der Waals surface area contributed by atoms with Gasteiger partial charge in [-0.3, -0.25) is 10.2 Å². The van der Waals surface area contributed by atoms with Crippen molar-refractivity contribution in [3.05, 3.63) is 29.0 Å². The maximum Gasteiger partial charge on any atom is 0.411 e. The first-order chi connectivity index (χ1) is 21.3. The molecule has 4 N–H and O–H groups in total. The van der Waals surface area contributed by atoms with Crippen LogP contribution >= 0.6 is 11.3 Å². The number of hydrogen-bond donors (Lipinski definition) is 4. The molecule has 1 saturated carbocycles. The number of ether oxygens (including phenoxy) is 2. The molecule has 238 valence electrons. The third-order valence-electron chi connectivity index (χ3n) is 7.86. The molecule has 2 bridgehead atoms. The number of carbonyl (C=O) groups is 3. The first-order valence-electron chi connectivity index (χ1n) is 14.5. The molecule has 14 nitrogen and oxygen atoms in total. The maximum atomic E-state index is 15.0. The van der Waals surface area contributed by atoms with Crippen molar-refractivity contribution in [2.75, 3.05) is 35.3 Å². The van der Waals surface area contributed by atoms with Crippen molar-refractivity contribution in [2.45, 2.75) is 58.2 Å². The number of rotatable bonds is 7. The summed E-state index contributed by atoms with van der Waals surface area (Å²) in [5, 5.41) is 18.6. The van der Waals surface area contributed by atoms with Gasteiger partial charge >= 0.3 is 18.2 Å². The number of aromatic amines is 1. The molecule has 1 aliphatic carbocycles. The molecule has 1 aliphatic heterocycles. The molecular formula is C29H33FN8O6S. The van der Waals surface area contributed by atoms with Crippen LogP contribution in [0.25, 0.3) is 21.9 Å². The van der Waals surface area contributed by atoms with Gasteiger partial charge in [-0.05, 0) is 58.6 Å². The summed E-state index contributed by atoms with van der Waals surface area (Å²) in [5.74, 6) is -0.347. The molecule has 3 aromatic heterocycles. The van der Waals surface area contributed by atoms with E-state index in [1.165, 1.54) is 24.5 Å². The SMILES string of the molecule is CCOC(=O)c1csc(Nc2nc(N3CC4CC3CC4NC(=O)OC(C)(C)C)c3c(n2)[nH]c2c(N(C)C(=O)O)cc(F)cc23)n1. The van der Waals surface area contributed by atoms with E-state index in [2.05, 4.69) is 30.5 Å². The molecule has 2 aliphatic rings. The van der Waals surface area contributed by atoms with E-state index in [0.29, 0.717) is 45.9 Å².